The minimum absolute atomic E-state index is 0.0260. The van der Waals surface area contributed by atoms with Gasteiger partial charge in [0.05, 0.1) is 21.2 Å². The number of carbonyl (C=O) groups excluding carboxylic acids is 1. The van der Waals surface area contributed by atoms with Gasteiger partial charge in [-0.15, -0.1) is 0 Å². The minimum atomic E-state index is -4.91. The molecule has 19 heteroatoms. The van der Waals surface area contributed by atoms with Crippen LogP contribution in [0.2, 0.25) is 0 Å². The van der Waals surface area contributed by atoms with Crippen molar-refractivity contribution in [3.05, 3.63) is 120 Å². The van der Waals surface area contributed by atoms with Crippen LogP contribution in [0.3, 0.4) is 0 Å². The highest BCUT2D eigenvalue weighted by Crippen LogP contribution is 2.40. The van der Waals surface area contributed by atoms with Crippen molar-refractivity contribution in [3.63, 3.8) is 0 Å². The average molecular weight is 899 g/mol. The zero-order chi connectivity index (χ0) is 44.9. The molecule has 0 bridgehead atoms. The first-order chi connectivity index (χ1) is 28.5. The van der Waals surface area contributed by atoms with E-state index in [9.17, 15) is 58.2 Å². The number of anilines is 2. The molecule has 61 heavy (non-hydrogen) atoms. The Morgan fingerprint density at radius 1 is 0.574 bits per heavy atom. The molecule has 0 radical (unpaired) electrons. The van der Waals surface area contributed by atoms with Gasteiger partial charge >= 0.3 is 12.4 Å². The number of sulfonamides is 2. The Balaban J connectivity index is 0.000000231. The molecule has 2 atom stereocenters. The number of carbonyl (C=O) groups is 1. The van der Waals surface area contributed by atoms with Crippen molar-refractivity contribution in [1.82, 2.24) is 9.80 Å². The summed E-state index contributed by atoms with van der Waals surface area (Å²) in [4.78, 5) is 16.5. The molecule has 2 heterocycles. The van der Waals surface area contributed by atoms with Gasteiger partial charge in [-0.05, 0) is 112 Å². The Hall–Kier alpha value is -4.69. The number of hydrogen-bond donors (Lipinski definition) is 2. The largest absolute Gasteiger partial charge is 0.421 e. The molecule has 4 aromatic carbocycles. The van der Waals surface area contributed by atoms with E-state index in [0.29, 0.717) is 33.5 Å². The number of aliphatic hydroxyl groups is 2. The molecule has 2 aliphatic heterocycles. The van der Waals surface area contributed by atoms with E-state index in [1.807, 2.05) is 0 Å². The molecule has 2 saturated heterocycles. The lowest BCUT2D eigenvalue weighted by molar-refractivity contribution is -0.259. The lowest BCUT2D eigenvalue weighted by Crippen LogP contribution is -2.42. The van der Waals surface area contributed by atoms with E-state index in [1.165, 1.54) is 52.8 Å². The predicted octanol–water partition coefficient (Wildman–Crippen LogP) is 7.02. The Labute approximate surface area is 351 Å². The van der Waals surface area contributed by atoms with Crippen LogP contribution >= 0.6 is 0 Å². The molecule has 0 aromatic heterocycles. The highest BCUT2D eigenvalue weighted by Gasteiger charge is 2.52. The van der Waals surface area contributed by atoms with Gasteiger partial charge in [-0.25, -0.2) is 16.8 Å². The van der Waals surface area contributed by atoms with Gasteiger partial charge in [-0.2, -0.15) is 26.3 Å². The van der Waals surface area contributed by atoms with Crippen molar-refractivity contribution in [2.24, 2.45) is 0 Å². The maximum Gasteiger partial charge on any atom is 0.421 e. The van der Waals surface area contributed by atoms with Crippen LogP contribution in [0.4, 0.5) is 37.7 Å². The van der Waals surface area contributed by atoms with Crippen molar-refractivity contribution < 1.29 is 58.2 Å². The maximum absolute atomic E-state index is 13.3. The number of likely N-dealkylation sites (tertiary alicyclic amines) is 2. The predicted molar refractivity (Wildman–Crippen MR) is 218 cm³/mol. The molecule has 0 aliphatic carbocycles. The first-order valence-corrected chi connectivity index (χ1v) is 22.3. The molecule has 2 aliphatic rings. The Kier molecular flexibility index (Phi) is 14.5. The topological polar surface area (TPSA) is 139 Å². The average Bonchev–Trinajstić information content (AvgIpc) is 3.96. The van der Waals surface area contributed by atoms with E-state index in [2.05, 4.69) is 4.90 Å². The number of hydrogen-bond acceptors (Lipinski definition) is 8. The van der Waals surface area contributed by atoms with Crippen LogP contribution in [-0.2, 0) is 36.0 Å². The van der Waals surface area contributed by atoms with E-state index in [-0.39, 0.29) is 39.2 Å². The standard InChI is InChI=1S/C21H23F3N2O4S.C21H25F3N2O3S/c1-20(28,21(22,23)24)16-9-11-17(12-10-16)26(15-19(27)25-13-5-6-14-25)31(29,30)18-7-3-2-4-8-18;1-20(27,21(22,23)24)17-9-11-18(12-10-17)26(16-15-25-13-5-6-14-25)30(28,29)19-7-3-2-4-8-19/h2-4,7-12,28H,5-6,13-15H2,1H3;2-4,7-12,27H,5-6,13-16H2,1H3. The van der Waals surface area contributed by atoms with E-state index in [1.54, 1.807) is 29.2 Å². The number of rotatable bonds is 13. The Morgan fingerprint density at radius 3 is 1.33 bits per heavy atom. The normalized spacial score (nSPS) is 17.2. The molecule has 2 unspecified atom stereocenters. The highest BCUT2D eigenvalue weighted by atomic mass is 32.2. The first kappa shape index (κ1) is 47.4. The number of halogens is 6. The van der Waals surface area contributed by atoms with Gasteiger partial charge in [0.15, 0.2) is 11.2 Å². The molecule has 4 aromatic rings. The van der Waals surface area contributed by atoms with Crippen LogP contribution in [0, 0.1) is 0 Å². The van der Waals surface area contributed by atoms with Crippen molar-refractivity contribution in [2.75, 3.05) is 54.4 Å². The molecule has 0 spiro atoms. The van der Waals surface area contributed by atoms with Gasteiger partial charge < -0.3 is 20.0 Å². The molecular formula is C42H48F6N4O7S2. The van der Waals surface area contributed by atoms with Gasteiger partial charge in [0.25, 0.3) is 20.0 Å². The molecule has 6 rings (SSSR count). The summed E-state index contributed by atoms with van der Waals surface area (Å²) in [6.45, 7) is 4.37. The van der Waals surface area contributed by atoms with Crippen molar-refractivity contribution in [3.8, 4) is 0 Å². The second-order valence-electron chi connectivity index (χ2n) is 15.1. The Morgan fingerprint density at radius 2 is 0.934 bits per heavy atom. The fourth-order valence-corrected chi connectivity index (χ4v) is 9.71. The summed E-state index contributed by atoms with van der Waals surface area (Å²) in [7, 11) is -8.05. The molecule has 2 N–H and O–H groups in total. The summed E-state index contributed by atoms with van der Waals surface area (Å²) in [5, 5.41) is 19.7. The molecule has 11 nitrogen and oxygen atoms in total. The van der Waals surface area contributed by atoms with Crippen LogP contribution in [-0.4, -0.2) is 101 Å². The SMILES string of the molecule is CC(O)(c1ccc(N(CC(=O)N2CCCC2)S(=O)(=O)c2ccccc2)cc1)C(F)(F)F.CC(O)(c1ccc(N(CCN2CCCC2)S(=O)(=O)c2ccccc2)cc1)C(F)(F)F. The lowest BCUT2D eigenvalue weighted by atomic mass is 9.95. The van der Waals surface area contributed by atoms with Crippen molar-refractivity contribution in [2.45, 2.75) is 72.9 Å². The van der Waals surface area contributed by atoms with Gasteiger partial charge in [0, 0.05) is 26.2 Å². The fraction of sp³-hybridized carbons (Fsp3) is 0.405. The summed E-state index contributed by atoms with van der Waals surface area (Å²) in [5.41, 5.74) is -6.63. The van der Waals surface area contributed by atoms with E-state index in [4.69, 9.17) is 0 Å². The molecular weight excluding hydrogens is 851 g/mol. The summed E-state index contributed by atoms with van der Waals surface area (Å²) >= 11 is 0. The van der Waals surface area contributed by atoms with Crippen molar-refractivity contribution in [1.29, 1.82) is 0 Å². The maximum atomic E-state index is 13.3. The van der Waals surface area contributed by atoms with E-state index >= 15 is 0 Å². The minimum Gasteiger partial charge on any atom is -0.376 e. The van der Waals surface area contributed by atoms with Crippen LogP contribution < -0.4 is 8.61 Å². The number of amides is 1. The van der Waals surface area contributed by atoms with Gasteiger partial charge in [0.1, 0.15) is 6.54 Å². The fourth-order valence-electron chi connectivity index (χ4n) is 6.80. The van der Waals surface area contributed by atoms with Gasteiger partial charge in [0.2, 0.25) is 5.91 Å². The number of alkyl halides is 6. The summed E-state index contributed by atoms with van der Waals surface area (Å²) in [6, 6.07) is 24.6. The van der Waals surface area contributed by atoms with Crippen LogP contribution in [0.1, 0.15) is 50.7 Å². The van der Waals surface area contributed by atoms with Gasteiger partial charge in [-0.1, -0.05) is 60.7 Å². The lowest BCUT2D eigenvalue weighted by Gasteiger charge is -2.29. The molecule has 2 fully saturated rings. The zero-order valence-corrected chi connectivity index (χ0v) is 35.1. The third kappa shape index (κ3) is 10.9. The summed E-state index contributed by atoms with van der Waals surface area (Å²) in [5.74, 6) is -0.386. The highest BCUT2D eigenvalue weighted by molar-refractivity contribution is 7.93. The summed E-state index contributed by atoms with van der Waals surface area (Å²) in [6.07, 6.45) is -5.97. The zero-order valence-electron chi connectivity index (χ0n) is 33.5. The summed E-state index contributed by atoms with van der Waals surface area (Å²) < 4.78 is 134. The van der Waals surface area contributed by atoms with Gasteiger partial charge in [-0.3, -0.25) is 13.4 Å². The van der Waals surface area contributed by atoms with Crippen LogP contribution in [0.25, 0.3) is 0 Å². The quantitative estimate of drug-likeness (QED) is 0.137. The van der Waals surface area contributed by atoms with E-state index in [0.717, 1.165) is 79.5 Å². The molecule has 0 saturated carbocycles. The molecule has 1 amide bonds. The number of benzene rings is 4. The Bertz CT molecular complexity index is 2280. The third-order valence-electron chi connectivity index (χ3n) is 10.8. The monoisotopic (exact) mass is 898 g/mol. The second-order valence-corrected chi connectivity index (χ2v) is 18.8. The van der Waals surface area contributed by atoms with Crippen molar-refractivity contribution >= 4 is 37.3 Å². The second kappa shape index (κ2) is 18.7. The smallest absolute Gasteiger partial charge is 0.376 e. The third-order valence-corrected chi connectivity index (χ3v) is 14.4. The van der Waals surface area contributed by atoms with E-state index < -0.39 is 55.7 Å². The first-order valence-electron chi connectivity index (χ1n) is 19.4. The van der Waals surface area contributed by atoms with Crippen LogP contribution in [0.15, 0.2) is 119 Å². The number of nitrogens with zero attached hydrogens (tertiary/aromatic N) is 4. The molecule has 332 valence electrons. The van der Waals surface area contributed by atoms with Crippen LogP contribution in [0.5, 0.6) is 0 Å².